The Bertz CT molecular complexity index is 1120. The molecule has 1 atom stereocenters. The molecule has 0 aliphatic carbocycles. The second-order valence-corrected chi connectivity index (χ2v) is 9.37. The molecule has 1 N–H and O–H groups in total. The highest BCUT2D eigenvalue weighted by molar-refractivity contribution is 7.99. The van der Waals surface area contributed by atoms with Crippen LogP contribution in [0.15, 0.2) is 82.6 Å². The van der Waals surface area contributed by atoms with Crippen LogP contribution in [0.3, 0.4) is 0 Å². The first-order valence-corrected chi connectivity index (χ1v) is 11.6. The Labute approximate surface area is 194 Å². The summed E-state index contributed by atoms with van der Waals surface area (Å²) in [4.78, 5) is 5.60. The lowest BCUT2D eigenvalue weighted by atomic mass is 10.1. The Morgan fingerprint density at radius 1 is 0.909 bits per heavy atom. The molecule has 2 heterocycles. The van der Waals surface area contributed by atoms with Crippen molar-refractivity contribution in [2.75, 3.05) is 31.1 Å². The lowest BCUT2D eigenvalue weighted by Gasteiger charge is -2.41. The van der Waals surface area contributed by atoms with Crippen molar-refractivity contribution in [2.45, 2.75) is 28.2 Å². The van der Waals surface area contributed by atoms with E-state index < -0.39 is 17.8 Å². The van der Waals surface area contributed by atoms with Crippen LogP contribution in [0.5, 0.6) is 5.75 Å². The van der Waals surface area contributed by atoms with Gasteiger partial charge in [0.1, 0.15) is 11.9 Å². The number of hydrogen-bond donors (Lipinski definition) is 1. The molecule has 3 aromatic carbocycles. The zero-order valence-electron chi connectivity index (χ0n) is 17.7. The molecular formula is C25H23F3N2O2S. The third kappa shape index (κ3) is 4.83. The molecule has 1 unspecified atom stereocenters. The highest BCUT2D eigenvalue weighted by atomic mass is 32.2. The molecule has 0 spiro atoms. The zero-order chi connectivity index (χ0) is 23.0. The standard InChI is InChI=1S/C25H23F3N2O2S/c26-25(27,28)17-10-11-24-22(12-17)30(21-8-4-5-9-23(21)33-24)14-18(31)13-29-15-20(16-29)32-19-6-2-1-3-7-19/h1-12,18,20,31H,13-16H2. The number of hydrogen-bond acceptors (Lipinski definition) is 5. The van der Waals surface area contributed by atoms with E-state index in [9.17, 15) is 18.3 Å². The van der Waals surface area contributed by atoms with Gasteiger partial charge in [-0.05, 0) is 42.5 Å². The van der Waals surface area contributed by atoms with Gasteiger partial charge in [-0.3, -0.25) is 4.90 Å². The summed E-state index contributed by atoms with van der Waals surface area (Å²) in [6.07, 6.45) is -5.09. The van der Waals surface area contributed by atoms with E-state index in [1.54, 1.807) is 4.90 Å². The van der Waals surface area contributed by atoms with Crippen LogP contribution in [0.4, 0.5) is 24.5 Å². The fraction of sp³-hybridized carbons (Fsp3) is 0.280. The molecule has 1 fully saturated rings. The molecule has 0 aromatic heterocycles. The molecule has 172 valence electrons. The highest BCUT2D eigenvalue weighted by Crippen LogP contribution is 2.49. The molecule has 0 bridgehead atoms. The van der Waals surface area contributed by atoms with Gasteiger partial charge in [0, 0.05) is 29.4 Å². The van der Waals surface area contributed by atoms with Crippen molar-refractivity contribution in [2.24, 2.45) is 0 Å². The minimum atomic E-state index is -4.42. The van der Waals surface area contributed by atoms with Gasteiger partial charge in [0.15, 0.2) is 0 Å². The summed E-state index contributed by atoms with van der Waals surface area (Å²) < 4.78 is 46.0. The minimum absolute atomic E-state index is 0.0711. The largest absolute Gasteiger partial charge is 0.488 e. The monoisotopic (exact) mass is 472 g/mol. The number of ether oxygens (including phenoxy) is 1. The number of fused-ring (bicyclic) bond motifs is 2. The summed E-state index contributed by atoms with van der Waals surface area (Å²) in [6, 6.07) is 21.0. The molecule has 0 saturated carbocycles. The maximum Gasteiger partial charge on any atom is 0.416 e. The van der Waals surface area contributed by atoms with Gasteiger partial charge in [-0.2, -0.15) is 13.2 Å². The average Bonchev–Trinajstić information content (AvgIpc) is 2.77. The summed E-state index contributed by atoms with van der Waals surface area (Å²) in [7, 11) is 0. The van der Waals surface area contributed by atoms with Crippen LogP contribution in [0.1, 0.15) is 5.56 Å². The number of para-hydroxylation sites is 2. The normalized spacial score (nSPS) is 17.2. The van der Waals surface area contributed by atoms with Gasteiger partial charge < -0.3 is 14.7 Å². The average molecular weight is 473 g/mol. The van der Waals surface area contributed by atoms with Crippen LogP contribution in [0.25, 0.3) is 0 Å². The maximum absolute atomic E-state index is 13.4. The van der Waals surface area contributed by atoms with Crippen LogP contribution < -0.4 is 9.64 Å². The number of nitrogens with zero attached hydrogens (tertiary/aromatic N) is 2. The number of likely N-dealkylation sites (tertiary alicyclic amines) is 1. The maximum atomic E-state index is 13.4. The van der Waals surface area contributed by atoms with E-state index in [0.717, 1.165) is 27.3 Å². The molecule has 2 aliphatic rings. The molecule has 33 heavy (non-hydrogen) atoms. The summed E-state index contributed by atoms with van der Waals surface area (Å²) in [5, 5.41) is 10.8. The molecular weight excluding hydrogens is 449 g/mol. The Balaban J connectivity index is 1.28. The molecule has 5 rings (SSSR count). The van der Waals surface area contributed by atoms with E-state index in [-0.39, 0.29) is 12.6 Å². The number of anilines is 2. The van der Waals surface area contributed by atoms with E-state index in [2.05, 4.69) is 4.90 Å². The number of rotatable bonds is 6. The third-order valence-corrected chi connectivity index (χ3v) is 6.92. The second kappa shape index (κ2) is 8.93. The Hall–Kier alpha value is -2.68. The number of benzene rings is 3. The van der Waals surface area contributed by atoms with Crippen LogP contribution >= 0.6 is 11.8 Å². The predicted octanol–water partition coefficient (Wildman–Crippen LogP) is 5.43. The van der Waals surface area contributed by atoms with E-state index >= 15 is 0 Å². The highest BCUT2D eigenvalue weighted by Gasteiger charge is 2.35. The number of aliphatic hydroxyl groups excluding tert-OH is 1. The van der Waals surface area contributed by atoms with Crippen LogP contribution in [0.2, 0.25) is 0 Å². The first-order valence-electron chi connectivity index (χ1n) is 10.7. The first-order chi connectivity index (χ1) is 15.9. The SMILES string of the molecule is OC(CN1CC(Oc2ccccc2)C1)CN1c2ccccc2Sc2ccc(C(F)(F)F)cc21. The lowest BCUT2D eigenvalue weighted by molar-refractivity contribution is -0.137. The summed E-state index contributed by atoms with van der Waals surface area (Å²) >= 11 is 1.45. The molecule has 0 radical (unpaired) electrons. The molecule has 1 saturated heterocycles. The van der Waals surface area contributed by atoms with Gasteiger partial charge in [-0.1, -0.05) is 42.1 Å². The van der Waals surface area contributed by atoms with Crippen molar-refractivity contribution >= 4 is 23.1 Å². The fourth-order valence-corrected chi connectivity index (χ4v) is 5.28. The topological polar surface area (TPSA) is 35.9 Å². The Morgan fingerprint density at radius 2 is 1.61 bits per heavy atom. The third-order valence-electron chi connectivity index (χ3n) is 5.78. The quantitative estimate of drug-likeness (QED) is 0.518. The predicted molar refractivity (Wildman–Crippen MR) is 122 cm³/mol. The van der Waals surface area contributed by atoms with E-state index in [1.807, 2.05) is 54.6 Å². The number of halogens is 3. The first kappa shape index (κ1) is 22.1. The second-order valence-electron chi connectivity index (χ2n) is 8.29. The van der Waals surface area contributed by atoms with Crippen molar-refractivity contribution in [1.29, 1.82) is 0 Å². The van der Waals surface area contributed by atoms with Gasteiger partial charge >= 0.3 is 6.18 Å². The molecule has 8 heteroatoms. The van der Waals surface area contributed by atoms with Gasteiger partial charge in [0.05, 0.1) is 29.6 Å². The van der Waals surface area contributed by atoms with E-state index in [0.29, 0.717) is 25.3 Å². The fourth-order valence-electron chi connectivity index (χ4n) is 4.21. The Morgan fingerprint density at radius 3 is 2.36 bits per heavy atom. The summed E-state index contributed by atoms with van der Waals surface area (Å²) in [6.45, 7) is 2.03. The molecule has 3 aromatic rings. The van der Waals surface area contributed by atoms with E-state index in [4.69, 9.17) is 4.74 Å². The van der Waals surface area contributed by atoms with Gasteiger partial charge in [-0.25, -0.2) is 0 Å². The van der Waals surface area contributed by atoms with Crippen molar-refractivity contribution in [3.05, 3.63) is 78.4 Å². The Kier molecular flexibility index (Phi) is 5.99. The van der Waals surface area contributed by atoms with Crippen molar-refractivity contribution in [3.63, 3.8) is 0 Å². The number of β-amino-alcohol motifs (C(OH)–C–C–N with tert-alkyl or cyclic N) is 1. The summed E-state index contributed by atoms with van der Waals surface area (Å²) in [5.41, 5.74) is 0.591. The van der Waals surface area contributed by atoms with Crippen molar-refractivity contribution < 1.29 is 23.0 Å². The van der Waals surface area contributed by atoms with Crippen LogP contribution in [-0.2, 0) is 6.18 Å². The van der Waals surface area contributed by atoms with Crippen molar-refractivity contribution in [3.8, 4) is 5.75 Å². The lowest BCUT2D eigenvalue weighted by Crippen LogP contribution is -2.56. The number of aliphatic hydroxyl groups is 1. The molecule has 0 amide bonds. The minimum Gasteiger partial charge on any atom is -0.488 e. The van der Waals surface area contributed by atoms with Crippen LogP contribution in [0, 0.1) is 0 Å². The van der Waals surface area contributed by atoms with Crippen LogP contribution in [-0.4, -0.2) is 48.4 Å². The van der Waals surface area contributed by atoms with Crippen molar-refractivity contribution in [1.82, 2.24) is 4.90 Å². The summed E-state index contributed by atoms with van der Waals surface area (Å²) in [5.74, 6) is 0.821. The van der Waals surface area contributed by atoms with Gasteiger partial charge in [0.2, 0.25) is 0 Å². The zero-order valence-corrected chi connectivity index (χ0v) is 18.5. The molecule has 4 nitrogen and oxygen atoms in total. The van der Waals surface area contributed by atoms with Gasteiger partial charge in [-0.15, -0.1) is 0 Å². The number of alkyl halides is 3. The van der Waals surface area contributed by atoms with Gasteiger partial charge in [0.25, 0.3) is 0 Å². The molecule has 2 aliphatic heterocycles. The van der Waals surface area contributed by atoms with E-state index in [1.165, 1.54) is 23.9 Å². The smallest absolute Gasteiger partial charge is 0.416 e.